The van der Waals surface area contributed by atoms with Crippen LogP contribution < -0.4 is 11.1 Å². The maximum atomic E-state index is 5.56. The van der Waals surface area contributed by atoms with Crippen molar-refractivity contribution < 1.29 is 0 Å². The molecule has 0 aromatic rings. The van der Waals surface area contributed by atoms with Crippen molar-refractivity contribution in [3.05, 3.63) is 0 Å². The quantitative estimate of drug-likeness (QED) is 0.733. The lowest BCUT2D eigenvalue weighted by molar-refractivity contribution is 0.180. The third kappa shape index (κ3) is 5.50. The molecule has 0 aliphatic carbocycles. The summed E-state index contributed by atoms with van der Waals surface area (Å²) in [5.41, 5.74) is 5.81. The van der Waals surface area contributed by atoms with Gasteiger partial charge in [-0.25, -0.2) is 0 Å². The number of nitrogens with one attached hydrogen (secondary N) is 1. The first-order chi connectivity index (χ1) is 7.01. The van der Waals surface area contributed by atoms with Gasteiger partial charge in [0.25, 0.3) is 0 Å². The highest BCUT2D eigenvalue weighted by molar-refractivity contribution is 4.77. The maximum absolute atomic E-state index is 5.56. The Bertz CT molecular complexity index is 166. The Balaban J connectivity index is 2.15. The minimum Gasteiger partial charge on any atom is -0.329 e. The first-order valence-corrected chi connectivity index (χ1v) is 6.19. The van der Waals surface area contributed by atoms with E-state index in [1.54, 1.807) is 0 Å². The van der Waals surface area contributed by atoms with Crippen LogP contribution in [0.3, 0.4) is 0 Å². The van der Waals surface area contributed by atoms with E-state index < -0.39 is 0 Å². The molecule has 1 saturated heterocycles. The van der Waals surface area contributed by atoms with Crippen molar-refractivity contribution in [1.82, 2.24) is 10.2 Å². The first-order valence-electron chi connectivity index (χ1n) is 6.19. The van der Waals surface area contributed by atoms with Crippen molar-refractivity contribution in [1.29, 1.82) is 0 Å². The van der Waals surface area contributed by atoms with Gasteiger partial charge in [-0.3, -0.25) is 0 Å². The molecule has 0 amide bonds. The molecule has 1 fully saturated rings. The lowest BCUT2D eigenvalue weighted by atomic mass is 9.95. The molecule has 3 heteroatoms. The summed E-state index contributed by atoms with van der Waals surface area (Å²) in [5.74, 6) is 0.859. The summed E-state index contributed by atoms with van der Waals surface area (Å²) in [6.07, 6.45) is 2.64. The smallest absolute Gasteiger partial charge is 0.0105 e. The first kappa shape index (κ1) is 12.9. The van der Waals surface area contributed by atoms with Crippen LogP contribution in [0, 0.1) is 5.92 Å². The molecule has 0 bridgehead atoms. The fourth-order valence-electron chi connectivity index (χ4n) is 2.05. The lowest BCUT2D eigenvalue weighted by Gasteiger charge is -2.33. The zero-order valence-corrected chi connectivity index (χ0v) is 10.6. The van der Waals surface area contributed by atoms with Gasteiger partial charge in [-0.05, 0) is 59.2 Å². The van der Waals surface area contributed by atoms with E-state index in [2.05, 4.69) is 31.0 Å². The zero-order valence-electron chi connectivity index (χ0n) is 10.6. The molecular formula is C12H27N3. The summed E-state index contributed by atoms with van der Waals surface area (Å²) in [7, 11) is 0. The Hall–Kier alpha value is -0.120. The van der Waals surface area contributed by atoms with Gasteiger partial charge in [-0.1, -0.05) is 0 Å². The van der Waals surface area contributed by atoms with Crippen LogP contribution in [0.15, 0.2) is 0 Å². The summed E-state index contributed by atoms with van der Waals surface area (Å²) in [4.78, 5) is 2.48. The lowest BCUT2D eigenvalue weighted by Crippen LogP contribution is -2.43. The van der Waals surface area contributed by atoms with E-state index in [-0.39, 0.29) is 5.54 Å². The van der Waals surface area contributed by atoms with E-state index in [4.69, 9.17) is 5.73 Å². The van der Waals surface area contributed by atoms with Crippen molar-refractivity contribution in [2.45, 2.75) is 39.2 Å². The zero-order chi connectivity index (χ0) is 11.3. The second-order valence-corrected chi connectivity index (χ2v) is 5.70. The van der Waals surface area contributed by atoms with Gasteiger partial charge in [0, 0.05) is 18.6 Å². The molecular weight excluding hydrogens is 186 g/mol. The van der Waals surface area contributed by atoms with Crippen molar-refractivity contribution >= 4 is 0 Å². The third-order valence-corrected chi connectivity index (χ3v) is 3.07. The van der Waals surface area contributed by atoms with Crippen molar-refractivity contribution in [2.24, 2.45) is 11.7 Å². The van der Waals surface area contributed by atoms with Gasteiger partial charge in [0.2, 0.25) is 0 Å². The largest absolute Gasteiger partial charge is 0.329 e. The Morgan fingerprint density at radius 3 is 2.33 bits per heavy atom. The van der Waals surface area contributed by atoms with Crippen LogP contribution >= 0.6 is 0 Å². The molecule has 1 rings (SSSR count). The highest BCUT2D eigenvalue weighted by Crippen LogP contribution is 2.16. The molecule has 0 atom stereocenters. The van der Waals surface area contributed by atoms with Crippen LogP contribution in [0.2, 0.25) is 0 Å². The van der Waals surface area contributed by atoms with E-state index in [9.17, 15) is 0 Å². The fourth-order valence-corrected chi connectivity index (χ4v) is 2.05. The van der Waals surface area contributed by atoms with Gasteiger partial charge < -0.3 is 16.0 Å². The molecule has 1 aliphatic rings. The topological polar surface area (TPSA) is 41.3 Å². The number of nitrogens with two attached hydrogens (primary N) is 1. The van der Waals surface area contributed by atoms with Crippen LogP contribution in [0.1, 0.15) is 33.6 Å². The Morgan fingerprint density at radius 1 is 1.27 bits per heavy atom. The summed E-state index contributed by atoms with van der Waals surface area (Å²) in [6, 6.07) is 0. The number of hydrogen-bond donors (Lipinski definition) is 2. The molecule has 0 aromatic carbocycles. The molecule has 15 heavy (non-hydrogen) atoms. The van der Waals surface area contributed by atoms with Gasteiger partial charge in [0.1, 0.15) is 0 Å². The van der Waals surface area contributed by atoms with Crippen LogP contribution in [-0.2, 0) is 0 Å². The number of likely N-dealkylation sites (tertiary alicyclic amines) is 1. The van der Waals surface area contributed by atoms with Crippen LogP contribution in [0.4, 0.5) is 0 Å². The van der Waals surface area contributed by atoms with Gasteiger partial charge in [-0.15, -0.1) is 0 Å². The molecule has 0 spiro atoms. The number of nitrogens with zero attached hydrogens (tertiary/aromatic N) is 1. The van der Waals surface area contributed by atoms with Gasteiger partial charge in [-0.2, -0.15) is 0 Å². The molecule has 3 nitrogen and oxygen atoms in total. The standard InChI is InChI=1S/C12H27N3/c1-12(2,3)14-10-11-4-7-15(8-5-11)9-6-13/h11,14H,4-10,13H2,1-3H3. The SMILES string of the molecule is CC(C)(C)NCC1CCN(CCN)CC1. The molecule has 0 unspecified atom stereocenters. The predicted molar refractivity (Wildman–Crippen MR) is 66.0 cm³/mol. The molecule has 1 heterocycles. The highest BCUT2D eigenvalue weighted by atomic mass is 15.1. The minimum atomic E-state index is 0.258. The predicted octanol–water partition coefficient (Wildman–Crippen LogP) is 1.05. The van der Waals surface area contributed by atoms with Crippen LogP contribution in [0.25, 0.3) is 0 Å². The Labute approximate surface area is 94.4 Å². The highest BCUT2D eigenvalue weighted by Gasteiger charge is 2.20. The fraction of sp³-hybridized carbons (Fsp3) is 1.00. The van der Waals surface area contributed by atoms with Crippen molar-refractivity contribution in [3.63, 3.8) is 0 Å². The third-order valence-electron chi connectivity index (χ3n) is 3.07. The Morgan fingerprint density at radius 2 is 1.87 bits per heavy atom. The average Bonchev–Trinajstić information content (AvgIpc) is 2.16. The normalized spacial score (nSPS) is 20.8. The average molecular weight is 213 g/mol. The van der Waals surface area contributed by atoms with Gasteiger partial charge >= 0.3 is 0 Å². The summed E-state index contributed by atoms with van der Waals surface area (Å²) >= 11 is 0. The van der Waals surface area contributed by atoms with E-state index in [0.29, 0.717) is 0 Å². The second-order valence-electron chi connectivity index (χ2n) is 5.70. The molecule has 0 radical (unpaired) electrons. The van der Waals surface area contributed by atoms with E-state index in [1.807, 2.05) is 0 Å². The van der Waals surface area contributed by atoms with Gasteiger partial charge in [0.15, 0.2) is 0 Å². The number of hydrogen-bond acceptors (Lipinski definition) is 3. The minimum absolute atomic E-state index is 0.258. The Kier molecular flexibility index (Phi) is 5.03. The number of rotatable bonds is 4. The van der Waals surface area contributed by atoms with Gasteiger partial charge in [0.05, 0.1) is 0 Å². The molecule has 0 saturated carbocycles. The van der Waals surface area contributed by atoms with Crippen molar-refractivity contribution in [2.75, 3.05) is 32.7 Å². The van der Waals surface area contributed by atoms with Crippen LogP contribution in [0.5, 0.6) is 0 Å². The summed E-state index contributed by atoms with van der Waals surface area (Å²) < 4.78 is 0. The van der Waals surface area contributed by atoms with Crippen molar-refractivity contribution in [3.8, 4) is 0 Å². The molecule has 1 aliphatic heterocycles. The number of piperidine rings is 1. The van der Waals surface area contributed by atoms with E-state index in [1.165, 1.54) is 32.5 Å². The van der Waals surface area contributed by atoms with E-state index >= 15 is 0 Å². The maximum Gasteiger partial charge on any atom is 0.0105 e. The monoisotopic (exact) mass is 213 g/mol. The second kappa shape index (κ2) is 5.83. The molecule has 90 valence electrons. The van der Waals surface area contributed by atoms with Crippen LogP contribution in [-0.4, -0.2) is 43.2 Å². The molecule has 0 aromatic heterocycles. The molecule has 3 N–H and O–H groups in total. The summed E-state index contributed by atoms with van der Waals surface area (Å²) in [6.45, 7) is 12.2. The van der Waals surface area contributed by atoms with E-state index in [0.717, 1.165) is 19.0 Å². The summed E-state index contributed by atoms with van der Waals surface area (Å²) in [5, 5.41) is 3.60.